The van der Waals surface area contributed by atoms with Gasteiger partial charge in [-0.15, -0.1) is 0 Å². The fourth-order valence-corrected chi connectivity index (χ4v) is 1.84. The minimum atomic E-state index is -0.0562. The predicted octanol–water partition coefficient (Wildman–Crippen LogP) is 3.16. The average Bonchev–Trinajstić information content (AvgIpc) is 2.29. The smallest absolute Gasteiger partial charge is 0.0772 e. The van der Waals surface area contributed by atoms with Crippen LogP contribution in [-0.2, 0) is 0 Å². The Labute approximate surface area is 99.5 Å². The number of hydrogen-bond acceptors (Lipinski definition) is 1. The second-order valence-electron chi connectivity index (χ2n) is 4.35. The van der Waals surface area contributed by atoms with Gasteiger partial charge >= 0.3 is 0 Å². The quantitative estimate of drug-likeness (QED) is 0.700. The minimum absolute atomic E-state index is 0.0562. The molecule has 1 aromatic carbocycles. The fourth-order valence-electron chi connectivity index (χ4n) is 1.84. The molecule has 0 aliphatic carbocycles. The number of nitrogens with zero attached hydrogens (tertiary/aromatic N) is 1. The van der Waals surface area contributed by atoms with E-state index in [9.17, 15) is 0 Å². The number of rotatable bonds is 3. The topological polar surface area (TPSA) is 3.24 Å². The van der Waals surface area contributed by atoms with E-state index in [4.69, 9.17) is 0 Å². The molecule has 0 aromatic heterocycles. The molecule has 0 aliphatic rings. The Morgan fingerprint density at radius 2 is 1.62 bits per heavy atom. The van der Waals surface area contributed by atoms with Crippen molar-refractivity contribution < 1.29 is 0 Å². The van der Waals surface area contributed by atoms with E-state index >= 15 is 0 Å². The molecule has 0 fully saturated rings. The van der Waals surface area contributed by atoms with E-state index in [-0.39, 0.29) is 5.54 Å². The summed E-state index contributed by atoms with van der Waals surface area (Å²) in [6, 6.07) is 10.2. The van der Waals surface area contributed by atoms with Gasteiger partial charge in [-0.1, -0.05) is 43.9 Å². The molecule has 0 aliphatic heterocycles. The highest BCUT2D eigenvalue weighted by atomic mass is 15.2. The molecule has 0 atom stereocenters. The van der Waals surface area contributed by atoms with Crippen LogP contribution in [0.4, 0.5) is 0 Å². The minimum Gasteiger partial charge on any atom is -0.288 e. The maximum absolute atomic E-state index is 3.35. The highest BCUT2D eigenvalue weighted by Crippen LogP contribution is 2.12. The summed E-state index contributed by atoms with van der Waals surface area (Å²) in [5, 5.41) is 0. The van der Waals surface area contributed by atoms with Crippen molar-refractivity contribution in [1.29, 1.82) is 0 Å². The van der Waals surface area contributed by atoms with Crippen LogP contribution in [0.25, 0.3) is 0 Å². The van der Waals surface area contributed by atoms with Crippen LogP contribution in [-0.4, -0.2) is 23.5 Å². The van der Waals surface area contributed by atoms with Crippen LogP contribution in [0.5, 0.6) is 0 Å². The molecule has 0 saturated carbocycles. The van der Waals surface area contributed by atoms with Crippen molar-refractivity contribution in [3.05, 3.63) is 35.9 Å². The van der Waals surface area contributed by atoms with Gasteiger partial charge < -0.3 is 0 Å². The first-order valence-corrected chi connectivity index (χ1v) is 5.93. The van der Waals surface area contributed by atoms with Crippen LogP contribution in [0, 0.1) is 11.8 Å². The Morgan fingerprint density at radius 1 is 1.06 bits per heavy atom. The molecule has 1 rings (SSSR count). The first-order valence-electron chi connectivity index (χ1n) is 5.93. The molecule has 0 bridgehead atoms. The molecular weight excluding hydrogens is 194 g/mol. The fraction of sp³-hybridized carbons (Fsp3) is 0.467. The third-order valence-electron chi connectivity index (χ3n) is 2.84. The SMILES string of the molecule is CCN(CC)C(C)(C)C#Cc1ccccc1. The van der Waals surface area contributed by atoms with Gasteiger partial charge in [0.2, 0.25) is 0 Å². The molecule has 0 spiro atoms. The molecule has 0 radical (unpaired) electrons. The van der Waals surface area contributed by atoms with Gasteiger partial charge in [-0.2, -0.15) is 0 Å². The zero-order valence-electron chi connectivity index (χ0n) is 10.7. The predicted molar refractivity (Wildman–Crippen MR) is 70.3 cm³/mol. The first kappa shape index (κ1) is 12.8. The van der Waals surface area contributed by atoms with Gasteiger partial charge in [0.1, 0.15) is 0 Å². The van der Waals surface area contributed by atoms with E-state index in [2.05, 4.69) is 44.4 Å². The van der Waals surface area contributed by atoms with Gasteiger partial charge in [0.05, 0.1) is 5.54 Å². The molecule has 86 valence electrons. The first-order chi connectivity index (χ1) is 7.60. The van der Waals surface area contributed by atoms with Crippen LogP contribution in [0.3, 0.4) is 0 Å². The largest absolute Gasteiger partial charge is 0.288 e. The zero-order chi connectivity index (χ0) is 12.0. The van der Waals surface area contributed by atoms with Gasteiger partial charge in [0.25, 0.3) is 0 Å². The summed E-state index contributed by atoms with van der Waals surface area (Å²) in [7, 11) is 0. The number of benzene rings is 1. The molecule has 1 heteroatoms. The molecular formula is C15H21N. The van der Waals surface area contributed by atoms with Crippen molar-refractivity contribution in [3.63, 3.8) is 0 Å². The van der Waals surface area contributed by atoms with Crippen molar-refractivity contribution in [1.82, 2.24) is 4.90 Å². The van der Waals surface area contributed by atoms with Crippen molar-refractivity contribution in [2.75, 3.05) is 13.1 Å². The molecule has 0 amide bonds. The third kappa shape index (κ3) is 3.40. The Morgan fingerprint density at radius 3 is 2.12 bits per heavy atom. The second-order valence-corrected chi connectivity index (χ2v) is 4.35. The lowest BCUT2D eigenvalue weighted by atomic mass is 10.0. The normalized spacial score (nSPS) is 11.1. The van der Waals surface area contributed by atoms with Crippen LogP contribution in [0.2, 0.25) is 0 Å². The molecule has 1 nitrogen and oxygen atoms in total. The second kappa shape index (κ2) is 5.72. The summed E-state index contributed by atoms with van der Waals surface area (Å²) in [4.78, 5) is 2.36. The monoisotopic (exact) mass is 215 g/mol. The summed E-state index contributed by atoms with van der Waals surface area (Å²) in [5.41, 5.74) is 1.03. The molecule has 0 unspecified atom stereocenters. The van der Waals surface area contributed by atoms with E-state index < -0.39 is 0 Å². The highest BCUT2D eigenvalue weighted by Gasteiger charge is 2.20. The van der Waals surface area contributed by atoms with Gasteiger partial charge in [0.15, 0.2) is 0 Å². The summed E-state index contributed by atoms with van der Waals surface area (Å²) in [6.45, 7) is 10.8. The van der Waals surface area contributed by atoms with Crippen LogP contribution in [0.15, 0.2) is 30.3 Å². The summed E-state index contributed by atoms with van der Waals surface area (Å²) >= 11 is 0. The Bertz CT molecular complexity index is 363. The van der Waals surface area contributed by atoms with Crippen LogP contribution in [0.1, 0.15) is 33.3 Å². The van der Waals surface area contributed by atoms with Crippen LogP contribution < -0.4 is 0 Å². The molecule has 0 N–H and O–H groups in total. The van der Waals surface area contributed by atoms with Gasteiger partial charge in [-0.3, -0.25) is 4.90 Å². The highest BCUT2D eigenvalue weighted by molar-refractivity contribution is 5.36. The van der Waals surface area contributed by atoms with E-state index in [0.29, 0.717) is 0 Å². The van der Waals surface area contributed by atoms with Crippen molar-refractivity contribution in [3.8, 4) is 11.8 Å². The molecule has 1 aromatic rings. The summed E-state index contributed by atoms with van der Waals surface area (Å²) < 4.78 is 0. The molecule has 0 saturated heterocycles. The van der Waals surface area contributed by atoms with E-state index in [1.165, 1.54) is 0 Å². The van der Waals surface area contributed by atoms with Crippen LogP contribution >= 0.6 is 0 Å². The Hall–Kier alpha value is -1.26. The van der Waals surface area contributed by atoms with Crippen molar-refractivity contribution in [2.24, 2.45) is 0 Å². The standard InChI is InChI=1S/C15H21N/c1-5-16(6-2)15(3,4)13-12-14-10-8-7-9-11-14/h7-11H,5-6H2,1-4H3. The van der Waals surface area contributed by atoms with Crippen molar-refractivity contribution >= 4 is 0 Å². The third-order valence-corrected chi connectivity index (χ3v) is 2.84. The maximum Gasteiger partial charge on any atom is 0.0772 e. The number of hydrogen-bond donors (Lipinski definition) is 0. The van der Waals surface area contributed by atoms with E-state index in [1.54, 1.807) is 0 Å². The summed E-state index contributed by atoms with van der Waals surface area (Å²) in [6.07, 6.45) is 0. The maximum atomic E-state index is 3.35. The lowest BCUT2D eigenvalue weighted by Crippen LogP contribution is -2.42. The van der Waals surface area contributed by atoms with E-state index in [1.807, 2.05) is 30.3 Å². The lowest BCUT2D eigenvalue weighted by molar-refractivity contribution is 0.189. The van der Waals surface area contributed by atoms with Crippen molar-refractivity contribution in [2.45, 2.75) is 33.2 Å². The summed E-state index contributed by atoms with van der Waals surface area (Å²) in [5.74, 6) is 6.60. The van der Waals surface area contributed by atoms with Gasteiger partial charge in [-0.25, -0.2) is 0 Å². The lowest BCUT2D eigenvalue weighted by Gasteiger charge is -2.32. The zero-order valence-corrected chi connectivity index (χ0v) is 10.7. The molecule has 16 heavy (non-hydrogen) atoms. The Balaban J connectivity index is 2.84. The van der Waals surface area contributed by atoms with Gasteiger partial charge in [-0.05, 0) is 39.1 Å². The molecule has 0 heterocycles. The Kier molecular flexibility index (Phi) is 4.58. The van der Waals surface area contributed by atoms with E-state index in [0.717, 1.165) is 18.7 Å². The average molecular weight is 215 g/mol. The van der Waals surface area contributed by atoms with Gasteiger partial charge in [0, 0.05) is 5.56 Å².